The molecule has 0 bridgehead atoms. The minimum Gasteiger partial charge on any atom is -0.502 e. The van der Waals surface area contributed by atoms with Crippen LogP contribution in [-0.4, -0.2) is 76.6 Å². The third kappa shape index (κ3) is 7.39. The van der Waals surface area contributed by atoms with E-state index in [1.807, 2.05) is 42.5 Å². The van der Waals surface area contributed by atoms with Gasteiger partial charge in [-0.05, 0) is 71.6 Å². The fourth-order valence-electron chi connectivity index (χ4n) is 5.66. The lowest BCUT2D eigenvalue weighted by Crippen LogP contribution is -2.57. The summed E-state index contributed by atoms with van der Waals surface area (Å²) < 4.78 is 10.6. The number of carbonyl (C=O) groups is 3. The first-order valence-electron chi connectivity index (χ1n) is 15.1. The molecule has 2 aliphatic rings. The molecule has 2 heterocycles. The van der Waals surface area contributed by atoms with Gasteiger partial charge in [0, 0.05) is 19.5 Å². The van der Waals surface area contributed by atoms with Crippen molar-refractivity contribution in [3.05, 3.63) is 88.3 Å². The Morgan fingerprint density at radius 1 is 1.02 bits per heavy atom. The Kier molecular flexibility index (Phi) is 10.5. The van der Waals surface area contributed by atoms with E-state index in [0.717, 1.165) is 22.9 Å². The van der Waals surface area contributed by atoms with E-state index in [1.165, 1.54) is 24.0 Å². The van der Waals surface area contributed by atoms with Crippen LogP contribution in [0.25, 0.3) is 6.08 Å². The van der Waals surface area contributed by atoms with Gasteiger partial charge in [0.05, 0.1) is 24.8 Å². The normalized spacial score (nSPS) is 18.0. The number of nitrogens with two attached hydrogens (primary N) is 3. The van der Waals surface area contributed by atoms with E-state index >= 15 is 0 Å². The summed E-state index contributed by atoms with van der Waals surface area (Å²) in [6.45, 7) is 0.355. The quantitative estimate of drug-likeness (QED) is 0.102. The van der Waals surface area contributed by atoms with Crippen molar-refractivity contribution in [1.29, 1.82) is 0 Å². The number of ether oxygens (including phenoxy) is 2. The molecule has 48 heavy (non-hydrogen) atoms. The third-order valence-corrected chi connectivity index (χ3v) is 8.99. The summed E-state index contributed by atoms with van der Waals surface area (Å²) >= 11 is 1.09. The number of aromatic hydroxyl groups is 1. The highest BCUT2D eigenvalue weighted by Crippen LogP contribution is 2.41. The maximum absolute atomic E-state index is 14.6. The lowest BCUT2D eigenvalue weighted by atomic mass is 9.92. The van der Waals surface area contributed by atoms with Crippen molar-refractivity contribution in [2.75, 3.05) is 20.8 Å². The highest BCUT2D eigenvalue weighted by atomic mass is 32.2. The van der Waals surface area contributed by atoms with Crippen molar-refractivity contribution in [3.8, 4) is 17.2 Å². The minimum atomic E-state index is -1.08. The van der Waals surface area contributed by atoms with Crippen LogP contribution in [0.1, 0.15) is 29.5 Å². The first-order valence-corrected chi connectivity index (χ1v) is 16.0. The maximum Gasteiger partial charge on any atom is 0.267 e. The number of phenolic OH excluding ortho intramolecular Hbond substituents is 1. The number of phenols is 1. The standard InChI is InChI=1S/C34H37N7O6S/c1-46-26-15-20(16-27(47-2)29(26)42)17-28-32(45)41(34(48-28)39-23-11-4-3-5-12-23)24(13-8-14-38-33(36)37)31(44)40-19-22-10-7-6-9-21(22)18-25(40)30(35)43/h3-7,9-12,15-17,24-25,42H,8,13-14,18-19H2,1-2H3,(H2,35,43)(H4,36,37,38)/b28-17-,39-34?/t24-,25?/m0/s1. The van der Waals surface area contributed by atoms with Crippen LogP contribution in [-0.2, 0) is 27.3 Å². The van der Waals surface area contributed by atoms with Gasteiger partial charge in [0.2, 0.25) is 17.6 Å². The molecular formula is C34H37N7O6S. The van der Waals surface area contributed by atoms with Crippen molar-refractivity contribution in [3.63, 3.8) is 0 Å². The second kappa shape index (κ2) is 14.9. The Hall–Kier alpha value is -5.50. The average molecular weight is 672 g/mol. The van der Waals surface area contributed by atoms with Crippen molar-refractivity contribution in [1.82, 2.24) is 9.80 Å². The van der Waals surface area contributed by atoms with E-state index in [9.17, 15) is 19.5 Å². The number of methoxy groups -OCH3 is 2. The molecular weight excluding hydrogens is 634 g/mol. The number of carbonyl (C=O) groups excluding carboxylic acids is 3. The molecule has 3 aromatic carbocycles. The molecule has 0 aliphatic carbocycles. The number of aliphatic imine (C=N–C) groups is 2. The Balaban J connectivity index is 1.60. The fraction of sp³-hybridized carbons (Fsp3) is 0.265. The predicted molar refractivity (Wildman–Crippen MR) is 185 cm³/mol. The molecule has 5 rings (SSSR count). The van der Waals surface area contributed by atoms with E-state index in [1.54, 1.807) is 30.3 Å². The summed E-state index contributed by atoms with van der Waals surface area (Å²) in [7, 11) is 2.81. The van der Waals surface area contributed by atoms with Gasteiger partial charge < -0.3 is 36.7 Å². The molecule has 0 spiro atoms. The minimum absolute atomic E-state index is 0.0941. The lowest BCUT2D eigenvalue weighted by molar-refractivity contribution is -0.146. The fourth-order valence-corrected chi connectivity index (χ4v) is 6.69. The van der Waals surface area contributed by atoms with Crippen LogP contribution < -0.4 is 26.7 Å². The van der Waals surface area contributed by atoms with E-state index in [4.69, 9.17) is 31.7 Å². The SMILES string of the molecule is COc1cc(/C=C2\SC(=Nc3ccccc3)N([C@@H](CCCN=C(N)N)C(=O)N3Cc4ccccc4CC3C(N)=O)C2=O)cc(OC)c1O. The van der Waals surface area contributed by atoms with Crippen LogP contribution in [0.3, 0.4) is 0 Å². The molecule has 2 atom stereocenters. The monoisotopic (exact) mass is 671 g/mol. The van der Waals surface area contributed by atoms with E-state index < -0.39 is 29.8 Å². The van der Waals surface area contributed by atoms with Crippen molar-refractivity contribution < 1.29 is 29.0 Å². The summed E-state index contributed by atoms with van der Waals surface area (Å²) in [6.07, 6.45) is 2.37. The summed E-state index contributed by atoms with van der Waals surface area (Å²) in [5.41, 5.74) is 19.8. The van der Waals surface area contributed by atoms with Crippen molar-refractivity contribution >= 4 is 52.4 Å². The number of fused-ring (bicyclic) bond motifs is 1. The number of primary amides is 1. The van der Waals surface area contributed by atoms with Gasteiger partial charge in [-0.3, -0.25) is 24.3 Å². The average Bonchev–Trinajstić information content (AvgIpc) is 3.37. The molecule has 3 amide bonds. The number of nitrogens with zero attached hydrogens (tertiary/aromatic N) is 4. The summed E-state index contributed by atoms with van der Waals surface area (Å²) in [5.74, 6) is -1.55. The predicted octanol–water partition coefficient (Wildman–Crippen LogP) is 2.87. The summed E-state index contributed by atoms with van der Waals surface area (Å²) in [4.78, 5) is 53.7. The Morgan fingerprint density at radius 2 is 1.67 bits per heavy atom. The number of amides is 3. The molecule has 1 saturated heterocycles. The van der Waals surface area contributed by atoms with Crippen LogP contribution in [0.4, 0.5) is 5.69 Å². The van der Waals surface area contributed by atoms with E-state index in [0.29, 0.717) is 17.7 Å². The largest absolute Gasteiger partial charge is 0.502 e. The summed E-state index contributed by atoms with van der Waals surface area (Å²) in [5, 5.41) is 10.7. The van der Waals surface area contributed by atoms with Crippen molar-refractivity contribution in [2.24, 2.45) is 27.2 Å². The van der Waals surface area contributed by atoms with Gasteiger partial charge in [-0.15, -0.1) is 0 Å². The van der Waals surface area contributed by atoms with Gasteiger partial charge in [0.25, 0.3) is 5.91 Å². The Morgan fingerprint density at radius 3 is 2.29 bits per heavy atom. The van der Waals surface area contributed by atoms with Gasteiger partial charge >= 0.3 is 0 Å². The molecule has 0 radical (unpaired) electrons. The molecule has 0 saturated carbocycles. The molecule has 3 aromatic rings. The zero-order chi connectivity index (χ0) is 34.4. The molecule has 14 heteroatoms. The number of guanidine groups is 1. The molecule has 1 unspecified atom stereocenters. The maximum atomic E-state index is 14.6. The zero-order valence-electron chi connectivity index (χ0n) is 26.5. The van der Waals surface area contributed by atoms with Gasteiger partial charge in [0.15, 0.2) is 22.6 Å². The molecule has 0 aromatic heterocycles. The number of para-hydroxylation sites is 1. The van der Waals surface area contributed by atoms with E-state index in [-0.39, 0.29) is 59.2 Å². The van der Waals surface area contributed by atoms with Gasteiger partial charge in [-0.1, -0.05) is 42.5 Å². The molecule has 13 nitrogen and oxygen atoms in total. The Bertz CT molecular complexity index is 1770. The second-order valence-electron chi connectivity index (χ2n) is 11.1. The molecule has 2 aliphatic heterocycles. The second-order valence-corrected chi connectivity index (χ2v) is 12.1. The topological polar surface area (TPSA) is 199 Å². The van der Waals surface area contributed by atoms with Crippen LogP contribution >= 0.6 is 11.8 Å². The first kappa shape index (κ1) is 33.9. The summed E-state index contributed by atoms with van der Waals surface area (Å²) in [6, 6.07) is 17.7. The van der Waals surface area contributed by atoms with E-state index in [2.05, 4.69) is 4.99 Å². The van der Waals surface area contributed by atoms with Crippen LogP contribution in [0, 0.1) is 0 Å². The lowest BCUT2D eigenvalue weighted by Gasteiger charge is -2.39. The smallest absolute Gasteiger partial charge is 0.267 e. The number of benzene rings is 3. The van der Waals surface area contributed by atoms with Gasteiger partial charge in [-0.25, -0.2) is 4.99 Å². The number of hydrogen-bond acceptors (Lipinski definition) is 9. The zero-order valence-corrected chi connectivity index (χ0v) is 27.4. The number of thioether (sulfide) groups is 1. The van der Waals surface area contributed by atoms with Crippen molar-refractivity contribution in [2.45, 2.75) is 37.9 Å². The number of amidine groups is 1. The third-order valence-electron chi connectivity index (χ3n) is 8.00. The number of hydrogen-bond donors (Lipinski definition) is 4. The first-order chi connectivity index (χ1) is 23.1. The van der Waals surface area contributed by atoms with Gasteiger partial charge in [-0.2, -0.15) is 0 Å². The van der Waals surface area contributed by atoms with Gasteiger partial charge in [0.1, 0.15) is 12.1 Å². The van der Waals surface area contributed by atoms with Crippen LogP contribution in [0.15, 0.2) is 81.6 Å². The number of rotatable bonds is 11. The van der Waals surface area contributed by atoms with Crippen LogP contribution in [0.2, 0.25) is 0 Å². The highest BCUT2D eigenvalue weighted by Gasteiger charge is 2.45. The Labute approximate surface area is 282 Å². The highest BCUT2D eigenvalue weighted by molar-refractivity contribution is 8.18. The molecule has 1 fully saturated rings. The molecule has 7 N–H and O–H groups in total. The molecule has 250 valence electrons. The van der Waals surface area contributed by atoms with Crippen LogP contribution in [0.5, 0.6) is 17.2 Å².